The van der Waals surface area contributed by atoms with Crippen LogP contribution in [0.2, 0.25) is 0 Å². The van der Waals surface area contributed by atoms with Crippen molar-refractivity contribution in [3.05, 3.63) is 23.1 Å². The van der Waals surface area contributed by atoms with E-state index in [9.17, 15) is 17.2 Å². The zero-order valence-electron chi connectivity index (χ0n) is 12.0. The standard InChI is InChI=1S/C12H15F2N5O2S/c1-7-10(11(13)14)12(18(2)17-7)22(20,21)19-5-3-4-8-9(19)6-15-16-8/h6,11H,3-5H2,1-2H3,(H,15,16). The Balaban J connectivity index is 2.17. The molecule has 0 atom stereocenters. The highest BCUT2D eigenvalue weighted by Crippen LogP contribution is 2.35. The molecule has 22 heavy (non-hydrogen) atoms. The molecule has 7 nitrogen and oxygen atoms in total. The fraction of sp³-hybridized carbons (Fsp3) is 0.500. The molecule has 0 saturated heterocycles. The summed E-state index contributed by atoms with van der Waals surface area (Å²) in [5.41, 5.74) is 0.566. The number of nitrogens with zero attached hydrogens (tertiary/aromatic N) is 4. The molecule has 0 radical (unpaired) electrons. The minimum absolute atomic E-state index is 0.0144. The highest BCUT2D eigenvalue weighted by Gasteiger charge is 2.37. The van der Waals surface area contributed by atoms with Crippen LogP contribution in [0.1, 0.15) is 29.8 Å². The normalized spacial score (nSPS) is 15.4. The molecular weight excluding hydrogens is 316 g/mol. The van der Waals surface area contributed by atoms with Crippen molar-refractivity contribution in [3.8, 4) is 0 Å². The molecule has 3 heterocycles. The smallest absolute Gasteiger partial charge is 0.280 e. The fourth-order valence-electron chi connectivity index (χ4n) is 2.79. The van der Waals surface area contributed by atoms with Crippen molar-refractivity contribution in [1.82, 2.24) is 20.0 Å². The summed E-state index contributed by atoms with van der Waals surface area (Å²) in [7, 11) is -2.78. The van der Waals surface area contributed by atoms with Gasteiger partial charge in [-0.25, -0.2) is 8.78 Å². The molecule has 0 aliphatic carbocycles. The molecule has 1 aliphatic rings. The topological polar surface area (TPSA) is 83.9 Å². The molecular formula is C12H15F2N5O2S. The van der Waals surface area contributed by atoms with Crippen molar-refractivity contribution in [2.75, 3.05) is 10.8 Å². The highest BCUT2D eigenvalue weighted by molar-refractivity contribution is 7.92. The van der Waals surface area contributed by atoms with Crippen LogP contribution in [0.3, 0.4) is 0 Å². The van der Waals surface area contributed by atoms with Gasteiger partial charge in [0, 0.05) is 13.6 Å². The van der Waals surface area contributed by atoms with Crippen LogP contribution >= 0.6 is 0 Å². The second-order valence-electron chi connectivity index (χ2n) is 5.14. The number of nitrogens with one attached hydrogen (secondary N) is 1. The number of hydrogen-bond donors (Lipinski definition) is 1. The SMILES string of the molecule is Cc1nn(C)c(S(=O)(=O)N2CCCc3[nH]ncc32)c1C(F)F. The van der Waals surface area contributed by atoms with Gasteiger partial charge in [-0.2, -0.15) is 18.6 Å². The number of fused-ring (bicyclic) bond motifs is 1. The molecule has 0 aromatic carbocycles. The van der Waals surface area contributed by atoms with Gasteiger partial charge in [-0.1, -0.05) is 0 Å². The molecule has 0 amide bonds. The molecule has 1 N–H and O–H groups in total. The van der Waals surface area contributed by atoms with Crippen LogP contribution in [0.15, 0.2) is 11.2 Å². The number of anilines is 1. The Hall–Kier alpha value is -1.97. The number of alkyl halides is 2. The molecule has 120 valence electrons. The van der Waals surface area contributed by atoms with Crippen molar-refractivity contribution in [1.29, 1.82) is 0 Å². The average molecular weight is 331 g/mol. The summed E-state index contributed by atoms with van der Waals surface area (Å²) >= 11 is 0. The maximum Gasteiger partial charge on any atom is 0.282 e. The van der Waals surface area contributed by atoms with E-state index in [4.69, 9.17) is 0 Å². The van der Waals surface area contributed by atoms with E-state index in [0.29, 0.717) is 24.2 Å². The molecule has 0 spiro atoms. The van der Waals surface area contributed by atoms with Crippen LogP contribution in [-0.4, -0.2) is 34.9 Å². The number of rotatable bonds is 3. The van der Waals surface area contributed by atoms with E-state index in [-0.39, 0.29) is 12.2 Å². The molecule has 3 rings (SSSR count). The Morgan fingerprint density at radius 3 is 2.82 bits per heavy atom. The predicted molar refractivity (Wildman–Crippen MR) is 74.3 cm³/mol. The fourth-order valence-corrected chi connectivity index (χ4v) is 4.67. The van der Waals surface area contributed by atoms with Gasteiger partial charge in [0.2, 0.25) is 0 Å². The summed E-state index contributed by atoms with van der Waals surface area (Å²) in [5.74, 6) is 0. The first kappa shape index (κ1) is 14.9. The lowest BCUT2D eigenvalue weighted by Crippen LogP contribution is -2.36. The number of aromatic amines is 1. The molecule has 0 saturated carbocycles. The first-order valence-corrected chi connectivity index (χ1v) is 8.14. The summed E-state index contributed by atoms with van der Waals surface area (Å²) < 4.78 is 54.5. The van der Waals surface area contributed by atoms with Crippen molar-refractivity contribution in [3.63, 3.8) is 0 Å². The zero-order chi connectivity index (χ0) is 16.1. The second-order valence-corrected chi connectivity index (χ2v) is 6.92. The number of H-pyrrole nitrogens is 1. The van der Waals surface area contributed by atoms with Crippen molar-refractivity contribution >= 4 is 15.7 Å². The Labute approximate surface area is 126 Å². The summed E-state index contributed by atoms with van der Waals surface area (Å²) in [6.45, 7) is 1.60. The van der Waals surface area contributed by atoms with Gasteiger partial charge in [-0.05, 0) is 19.8 Å². The van der Waals surface area contributed by atoms with Gasteiger partial charge in [0.15, 0.2) is 5.03 Å². The number of hydrogen-bond acceptors (Lipinski definition) is 4. The Morgan fingerprint density at radius 2 is 2.14 bits per heavy atom. The molecule has 0 fully saturated rings. The summed E-state index contributed by atoms with van der Waals surface area (Å²) in [6, 6.07) is 0. The summed E-state index contributed by atoms with van der Waals surface area (Å²) in [5, 5.41) is 9.97. The summed E-state index contributed by atoms with van der Waals surface area (Å²) in [6.07, 6.45) is -0.243. The van der Waals surface area contributed by atoms with E-state index in [1.54, 1.807) is 0 Å². The first-order chi connectivity index (χ1) is 10.3. The third-order valence-corrected chi connectivity index (χ3v) is 5.65. The van der Waals surface area contributed by atoms with E-state index in [1.807, 2.05) is 0 Å². The Kier molecular flexibility index (Phi) is 3.42. The van der Waals surface area contributed by atoms with Gasteiger partial charge >= 0.3 is 0 Å². The van der Waals surface area contributed by atoms with E-state index >= 15 is 0 Å². The monoisotopic (exact) mass is 331 g/mol. The lowest BCUT2D eigenvalue weighted by atomic mass is 10.1. The average Bonchev–Trinajstić information content (AvgIpc) is 3.01. The van der Waals surface area contributed by atoms with E-state index in [2.05, 4.69) is 15.3 Å². The third kappa shape index (κ3) is 2.09. The van der Waals surface area contributed by atoms with Crippen LogP contribution in [0.25, 0.3) is 0 Å². The van der Waals surface area contributed by atoms with Crippen LogP contribution < -0.4 is 4.31 Å². The number of sulfonamides is 1. The van der Waals surface area contributed by atoms with Crippen molar-refractivity contribution in [2.45, 2.75) is 31.2 Å². The van der Waals surface area contributed by atoms with Crippen molar-refractivity contribution in [2.24, 2.45) is 7.05 Å². The Bertz CT molecular complexity index is 812. The molecule has 0 unspecified atom stereocenters. The lowest BCUT2D eigenvalue weighted by molar-refractivity contribution is 0.146. The van der Waals surface area contributed by atoms with E-state index in [0.717, 1.165) is 8.99 Å². The second kappa shape index (κ2) is 5.04. The predicted octanol–water partition coefficient (Wildman–Crippen LogP) is 1.53. The number of aromatic nitrogens is 4. The number of halogens is 2. The van der Waals surface area contributed by atoms with Gasteiger partial charge in [-0.3, -0.25) is 14.1 Å². The van der Waals surface area contributed by atoms with Gasteiger partial charge in [-0.15, -0.1) is 0 Å². The minimum atomic E-state index is -4.14. The van der Waals surface area contributed by atoms with Gasteiger partial charge in [0.25, 0.3) is 16.4 Å². The molecule has 1 aliphatic heterocycles. The third-order valence-electron chi connectivity index (χ3n) is 3.72. The molecule has 2 aromatic rings. The molecule has 0 bridgehead atoms. The Morgan fingerprint density at radius 1 is 1.41 bits per heavy atom. The zero-order valence-corrected chi connectivity index (χ0v) is 12.9. The maximum atomic E-state index is 13.3. The van der Waals surface area contributed by atoms with Gasteiger partial charge in [0.1, 0.15) is 0 Å². The van der Waals surface area contributed by atoms with Crippen molar-refractivity contribution < 1.29 is 17.2 Å². The van der Waals surface area contributed by atoms with E-state index in [1.165, 1.54) is 20.2 Å². The minimum Gasteiger partial charge on any atom is -0.280 e. The quantitative estimate of drug-likeness (QED) is 0.924. The first-order valence-electron chi connectivity index (χ1n) is 6.70. The van der Waals surface area contributed by atoms with Gasteiger partial charge in [0.05, 0.1) is 28.8 Å². The number of aryl methyl sites for hydroxylation is 3. The van der Waals surface area contributed by atoms with Crippen LogP contribution in [0, 0.1) is 6.92 Å². The van der Waals surface area contributed by atoms with E-state index < -0.39 is 27.0 Å². The van der Waals surface area contributed by atoms with Crippen LogP contribution in [-0.2, 0) is 23.5 Å². The van der Waals surface area contributed by atoms with Crippen LogP contribution in [0.5, 0.6) is 0 Å². The molecule has 10 heteroatoms. The van der Waals surface area contributed by atoms with Gasteiger partial charge < -0.3 is 0 Å². The lowest BCUT2D eigenvalue weighted by Gasteiger charge is -2.27. The van der Waals surface area contributed by atoms with Crippen LogP contribution in [0.4, 0.5) is 14.5 Å². The largest absolute Gasteiger partial charge is 0.282 e. The highest BCUT2D eigenvalue weighted by atomic mass is 32.2. The maximum absolute atomic E-state index is 13.3. The molecule has 2 aromatic heterocycles. The summed E-state index contributed by atoms with van der Waals surface area (Å²) in [4.78, 5) is 0.